The minimum absolute atomic E-state index is 0. The summed E-state index contributed by atoms with van der Waals surface area (Å²) in [5.74, 6) is 1.15. The number of hydrogen-bond acceptors (Lipinski definition) is 2. The van der Waals surface area contributed by atoms with Gasteiger partial charge in [0.15, 0.2) is 0 Å². The summed E-state index contributed by atoms with van der Waals surface area (Å²) < 4.78 is 0. The SMILES string of the molecule is Cl.NCCCC(=O)N1CCCC2CCCC21. The van der Waals surface area contributed by atoms with Crippen molar-refractivity contribution in [2.24, 2.45) is 11.7 Å². The average molecular weight is 247 g/mol. The van der Waals surface area contributed by atoms with Crippen LogP contribution in [0.3, 0.4) is 0 Å². The van der Waals surface area contributed by atoms with Gasteiger partial charge in [-0.2, -0.15) is 0 Å². The Balaban J connectivity index is 0.00000128. The van der Waals surface area contributed by atoms with Gasteiger partial charge in [0.1, 0.15) is 0 Å². The maximum absolute atomic E-state index is 12.0. The van der Waals surface area contributed by atoms with Crippen molar-refractivity contribution < 1.29 is 4.79 Å². The highest BCUT2D eigenvalue weighted by molar-refractivity contribution is 5.85. The van der Waals surface area contributed by atoms with Crippen molar-refractivity contribution in [3.8, 4) is 0 Å². The van der Waals surface area contributed by atoms with E-state index in [1.54, 1.807) is 0 Å². The predicted molar refractivity (Wildman–Crippen MR) is 67.6 cm³/mol. The molecule has 0 aromatic carbocycles. The van der Waals surface area contributed by atoms with Crippen LogP contribution in [-0.4, -0.2) is 29.9 Å². The number of rotatable bonds is 3. The lowest BCUT2D eigenvalue weighted by Crippen LogP contribution is -2.46. The highest BCUT2D eigenvalue weighted by Crippen LogP contribution is 2.36. The number of carbonyl (C=O) groups is 1. The zero-order valence-electron chi connectivity index (χ0n) is 9.86. The van der Waals surface area contributed by atoms with E-state index in [0.29, 0.717) is 24.9 Å². The number of amides is 1. The van der Waals surface area contributed by atoms with Crippen LogP contribution in [0.5, 0.6) is 0 Å². The Morgan fingerprint density at radius 1 is 1.25 bits per heavy atom. The first-order valence-corrected chi connectivity index (χ1v) is 6.32. The quantitative estimate of drug-likeness (QED) is 0.827. The molecule has 2 N–H and O–H groups in total. The van der Waals surface area contributed by atoms with Crippen LogP contribution in [0.15, 0.2) is 0 Å². The van der Waals surface area contributed by atoms with E-state index in [9.17, 15) is 4.79 Å². The summed E-state index contributed by atoms with van der Waals surface area (Å²) in [6, 6.07) is 0.573. The smallest absolute Gasteiger partial charge is 0.222 e. The van der Waals surface area contributed by atoms with E-state index < -0.39 is 0 Å². The second-order valence-electron chi connectivity index (χ2n) is 4.88. The molecule has 2 unspecified atom stereocenters. The van der Waals surface area contributed by atoms with Gasteiger partial charge in [-0.3, -0.25) is 4.79 Å². The lowest BCUT2D eigenvalue weighted by molar-refractivity contribution is -0.135. The zero-order valence-corrected chi connectivity index (χ0v) is 10.7. The number of likely N-dealkylation sites (tertiary alicyclic amines) is 1. The molecule has 2 aliphatic rings. The summed E-state index contributed by atoms with van der Waals surface area (Å²) in [5.41, 5.74) is 5.44. The van der Waals surface area contributed by atoms with Crippen molar-refractivity contribution in [2.75, 3.05) is 13.1 Å². The fourth-order valence-electron chi connectivity index (χ4n) is 3.16. The Bertz CT molecular complexity index is 235. The summed E-state index contributed by atoms with van der Waals surface area (Å²) in [4.78, 5) is 14.1. The first-order chi connectivity index (χ1) is 7.33. The molecule has 3 nitrogen and oxygen atoms in total. The molecular formula is C12H23ClN2O. The second kappa shape index (κ2) is 6.45. The minimum Gasteiger partial charge on any atom is -0.339 e. The molecule has 2 fully saturated rings. The molecule has 1 heterocycles. The summed E-state index contributed by atoms with van der Waals surface area (Å²) in [6.07, 6.45) is 7.92. The van der Waals surface area contributed by atoms with Crippen LogP contribution in [0.25, 0.3) is 0 Å². The van der Waals surface area contributed by atoms with Crippen molar-refractivity contribution >= 4 is 18.3 Å². The van der Waals surface area contributed by atoms with Gasteiger partial charge in [-0.25, -0.2) is 0 Å². The topological polar surface area (TPSA) is 46.3 Å². The third-order valence-electron chi connectivity index (χ3n) is 3.91. The summed E-state index contributed by atoms with van der Waals surface area (Å²) in [5, 5.41) is 0. The molecule has 1 saturated carbocycles. The first kappa shape index (κ1) is 13.8. The molecule has 2 atom stereocenters. The van der Waals surface area contributed by atoms with E-state index in [2.05, 4.69) is 4.90 Å². The lowest BCUT2D eigenvalue weighted by atomic mass is 9.91. The van der Waals surface area contributed by atoms with Gasteiger partial charge in [0.25, 0.3) is 0 Å². The number of nitrogens with two attached hydrogens (primary N) is 1. The van der Waals surface area contributed by atoms with Crippen LogP contribution in [0.4, 0.5) is 0 Å². The van der Waals surface area contributed by atoms with Gasteiger partial charge in [-0.15, -0.1) is 12.4 Å². The van der Waals surface area contributed by atoms with E-state index in [4.69, 9.17) is 5.73 Å². The Morgan fingerprint density at radius 3 is 2.75 bits per heavy atom. The van der Waals surface area contributed by atoms with Gasteiger partial charge in [-0.1, -0.05) is 6.42 Å². The van der Waals surface area contributed by atoms with Crippen molar-refractivity contribution in [2.45, 2.75) is 51.0 Å². The van der Waals surface area contributed by atoms with Crippen LogP contribution in [0.1, 0.15) is 44.9 Å². The van der Waals surface area contributed by atoms with Gasteiger partial charge >= 0.3 is 0 Å². The fraction of sp³-hybridized carbons (Fsp3) is 0.917. The molecule has 2 rings (SSSR count). The van der Waals surface area contributed by atoms with Crippen LogP contribution >= 0.6 is 12.4 Å². The predicted octanol–water partition coefficient (Wildman–Crippen LogP) is 1.94. The molecule has 0 radical (unpaired) electrons. The van der Waals surface area contributed by atoms with Crippen molar-refractivity contribution in [3.05, 3.63) is 0 Å². The van der Waals surface area contributed by atoms with Crippen molar-refractivity contribution in [1.82, 2.24) is 4.90 Å². The van der Waals surface area contributed by atoms with Gasteiger partial charge in [0.05, 0.1) is 0 Å². The average Bonchev–Trinajstić information content (AvgIpc) is 2.73. The monoisotopic (exact) mass is 246 g/mol. The number of fused-ring (bicyclic) bond motifs is 1. The molecule has 0 spiro atoms. The van der Waals surface area contributed by atoms with Gasteiger partial charge in [-0.05, 0) is 44.6 Å². The fourth-order valence-corrected chi connectivity index (χ4v) is 3.16. The Hall–Kier alpha value is -0.280. The third kappa shape index (κ3) is 2.89. The minimum atomic E-state index is 0. The summed E-state index contributed by atoms with van der Waals surface area (Å²) in [6.45, 7) is 1.62. The van der Waals surface area contributed by atoms with Gasteiger partial charge in [0, 0.05) is 19.0 Å². The standard InChI is InChI=1S/C12H22N2O.ClH/c13-8-2-7-12(15)14-9-3-5-10-4-1-6-11(10)14;/h10-11H,1-9,13H2;1H. The number of carbonyl (C=O) groups excluding carboxylic acids is 1. The van der Waals surface area contributed by atoms with Crippen LogP contribution < -0.4 is 5.73 Å². The summed E-state index contributed by atoms with van der Waals surface area (Å²) >= 11 is 0. The van der Waals surface area contributed by atoms with E-state index >= 15 is 0 Å². The molecular weight excluding hydrogens is 224 g/mol. The zero-order chi connectivity index (χ0) is 10.7. The number of hydrogen-bond donors (Lipinski definition) is 1. The van der Waals surface area contributed by atoms with Gasteiger partial charge < -0.3 is 10.6 Å². The van der Waals surface area contributed by atoms with Crippen molar-refractivity contribution in [1.29, 1.82) is 0 Å². The Morgan fingerprint density at radius 2 is 2.00 bits per heavy atom. The highest BCUT2D eigenvalue weighted by Gasteiger charge is 2.36. The normalized spacial score (nSPS) is 28.4. The molecule has 1 amide bonds. The Kier molecular flexibility index (Phi) is 5.56. The maximum Gasteiger partial charge on any atom is 0.222 e. The molecule has 1 aliphatic heterocycles. The van der Waals surface area contributed by atoms with E-state index in [1.807, 2.05) is 0 Å². The third-order valence-corrected chi connectivity index (χ3v) is 3.91. The number of halogens is 1. The lowest BCUT2D eigenvalue weighted by Gasteiger charge is -2.38. The molecule has 0 aromatic heterocycles. The molecule has 1 aliphatic carbocycles. The number of piperidine rings is 1. The van der Waals surface area contributed by atoms with Crippen molar-refractivity contribution in [3.63, 3.8) is 0 Å². The first-order valence-electron chi connectivity index (χ1n) is 6.32. The van der Waals surface area contributed by atoms with E-state index in [1.165, 1.54) is 32.1 Å². The Labute approximate surface area is 104 Å². The maximum atomic E-state index is 12.0. The molecule has 94 valence electrons. The molecule has 1 saturated heterocycles. The molecule has 4 heteroatoms. The second-order valence-corrected chi connectivity index (χ2v) is 4.88. The van der Waals surface area contributed by atoms with Crippen LogP contribution in [-0.2, 0) is 4.79 Å². The van der Waals surface area contributed by atoms with E-state index in [0.717, 1.165) is 18.9 Å². The van der Waals surface area contributed by atoms with E-state index in [-0.39, 0.29) is 12.4 Å². The van der Waals surface area contributed by atoms with Gasteiger partial charge in [0.2, 0.25) is 5.91 Å². The molecule has 0 aromatic rings. The summed E-state index contributed by atoms with van der Waals surface area (Å²) in [7, 11) is 0. The van der Waals surface area contributed by atoms with Crippen LogP contribution in [0, 0.1) is 5.92 Å². The largest absolute Gasteiger partial charge is 0.339 e. The molecule has 16 heavy (non-hydrogen) atoms. The highest BCUT2D eigenvalue weighted by atomic mass is 35.5. The molecule has 0 bridgehead atoms. The number of nitrogens with zero attached hydrogens (tertiary/aromatic N) is 1. The van der Waals surface area contributed by atoms with Crippen LogP contribution in [0.2, 0.25) is 0 Å².